The lowest BCUT2D eigenvalue weighted by atomic mass is 10.2. The number of nitrogens with one attached hydrogen (secondary N) is 2. The zero-order valence-corrected chi connectivity index (χ0v) is 11.7. The van der Waals surface area contributed by atoms with Crippen molar-refractivity contribution in [3.63, 3.8) is 0 Å². The molecule has 1 atom stereocenters. The smallest absolute Gasteiger partial charge is 0.244 e. The predicted molar refractivity (Wildman–Crippen MR) is 72.5 cm³/mol. The fourth-order valence-electron chi connectivity index (χ4n) is 1.80. The van der Waals surface area contributed by atoms with E-state index in [1.54, 1.807) is 0 Å². The van der Waals surface area contributed by atoms with Gasteiger partial charge in [0.2, 0.25) is 5.91 Å². The van der Waals surface area contributed by atoms with Crippen LogP contribution in [0.1, 0.15) is 0 Å². The Morgan fingerprint density at radius 3 is 2.85 bits per heavy atom. The van der Waals surface area contributed by atoms with Crippen LogP contribution in [0.2, 0.25) is 0 Å². The lowest BCUT2D eigenvalue weighted by Gasteiger charge is -2.23. The Bertz CT molecular complexity index is 608. The van der Waals surface area contributed by atoms with E-state index in [1.807, 2.05) is 0 Å². The topological polar surface area (TPSA) is 105 Å². The molecule has 0 bridgehead atoms. The minimum Gasteiger partial charge on any atom is -0.506 e. The van der Waals surface area contributed by atoms with Gasteiger partial charge in [0, 0.05) is 12.8 Å². The summed E-state index contributed by atoms with van der Waals surface area (Å²) in [5.74, 6) is -0.576. The van der Waals surface area contributed by atoms with Crippen LogP contribution in [-0.2, 0) is 19.4 Å². The number of carbonyl (C=O) groups is 1. The lowest BCUT2D eigenvalue weighted by Crippen LogP contribution is -2.48. The van der Waals surface area contributed by atoms with Gasteiger partial charge in [-0.3, -0.25) is 4.79 Å². The summed E-state index contributed by atoms with van der Waals surface area (Å²) in [6, 6.07) is 3.22. The maximum Gasteiger partial charge on any atom is 0.244 e. The average molecular weight is 300 g/mol. The normalized spacial score (nSPS) is 19.6. The molecule has 1 aromatic carbocycles. The van der Waals surface area contributed by atoms with Gasteiger partial charge in [0.1, 0.15) is 11.8 Å². The van der Waals surface area contributed by atoms with Crippen molar-refractivity contribution in [3.8, 4) is 5.75 Å². The molecular formula is C12H16N2O5S. The minimum absolute atomic E-state index is 0.0263. The Kier molecular flexibility index (Phi) is 4.26. The van der Waals surface area contributed by atoms with Crippen molar-refractivity contribution in [3.05, 3.63) is 18.2 Å². The number of rotatable bonds is 3. The average Bonchev–Trinajstić information content (AvgIpc) is 2.41. The Morgan fingerprint density at radius 1 is 1.50 bits per heavy atom. The molecule has 1 heterocycles. The zero-order valence-electron chi connectivity index (χ0n) is 10.9. The summed E-state index contributed by atoms with van der Waals surface area (Å²) in [7, 11) is -3.41. The number of amides is 1. The predicted octanol–water partition coefficient (Wildman–Crippen LogP) is -0.277. The van der Waals surface area contributed by atoms with Gasteiger partial charge in [0.05, 0.1) is 23.8 Å². The van der Waals surface area contributed by atoms with Gasteiger partial charge in [-0.05, 0) is 18.2 Å². The maximum absolute atomic E-state index is 12.0. The van der Waals surface area contributed by atoms with Crippen LogP contribution in [0.5, 0.6) is 5.75 Å². The van der Waals surface area contributed by atoms with Crippen LogP contribution in [0, 0.1) is 0 Å². The van der Waals surface area contributed by atoms with E-state index < -0.39 is 15.9 Å². The molecule has 0 aliphatic carbocycles. The fourth-order valence-corrected chi connectivity index (χ4v) is 2.45. The van der Waals surface area contributed by atoms with Crippen LogP contribution in [0.4, 0.5) is 5.69 Å². The largest absolute Gasteiger partial charge is 0.506 e. The number of morpholine rings is 1. The third-order valence-corrected chi connectivity index (χ3v) is 4.00. The molecule has 1 aromatic rings. The Balaban J connectivity index is 2.18. The quantitative estimate of drug-likeness (QED) is 0.663. The first-order valence-electron chi connectivity index (χ1n) is 6.03. The molecule has 0 spiro atoms. The molecule has 1 aliphatic heterocycles. The van der Waals surface area contributed by atoms with Crippen molar-refractivity contribution in [2.75, 3.05) is 31.3 Å². The van der Waals surface area contributed by atoms with E-state index in [0.717, 1.165) is 6.26 Å². The van der Waals surface area contributed by atoms with Crippen LogP contribution in [0.3, 0.4) is 0 Å². The highest BCUT2D eigenvalue weighted by Crippen LogP contribution is 2.26. The van der Waals surface area contributed by atoms with E-state index in [2.05, 4.69) is 10.6 Å². The van der Waals surface area contributed by atoms with Crippen molar-refractivity contribution >= 4 is 21.4 Å². The van der Waals surface area contributed by atoms with Crippen LogP contribution in [0.15, 0.2) is 23.1 Å². The highest BCUT2D eigenvalue weighted by molar-refractivity contribution is 7.90. The second kappa shape index (κ2) is 5.78. The first-order valence-corrected chi connectivity index (χ1v) is 7.92. The first-order chi connectivity index (χ1) is 9.38. The van der Waals surface area contributed by atoms with Crippen molar-refractivity contribution < 1.29 is 23.1 Å². The van der Waals surface area contributed by atoms with Crippen LogP contribution >= 0.6 is 0 Å². The van der Waals surface area contributed by atoms with Gasteiger partial charge < -0.3 is 20.5 Å². The van der Waals surface area contributed by atoms with Gasteiger partial charge in [-0.15, -0.1) is 0 Å². The summed E-state index contributed by atoms with van der Waals surface area (Å²) in [5.41, 5.74) is 0.0605. The van der Waals surface area contributed by atoms with Gasteiger partial charge in [-0.2, -0.15) is 0 Å². The second-order valence-corrected chi connectivity index (χ2v) is 6.54. The number of carbonyl (C=O) groups excluding carboxylic acids is 1. The molecule has 110 valence electrons. The summed E-state index contributed by atoms with van der Waals surface area (Å²) < 4.78 is 28.1. The van der Waals surface area contributed by atoms with Gasteiger partial charge >= 0.3 is 0 Å². The van der Waals surface area contributed by atoms with Gasteiger partial charge in [-0.25, -0.2) is 8.42 Å². The molecule has 2 rings (SSSR count). The minimum atomic E-state index is -3.41. The molecular weight excluding hydrogens is 284 g/mol. The fraction of sp³-hybridized carbons (Fsp3) is 0.417. The van der Waals surface area contributed by atoms with Crippen molar-refractivity contribution in [2.24, 2.45) is 0 Å². The number of hydrogen-bond donors (Lipinski definition) is 3. The Labute approximate surface area is 116 Å². The number of hydrogen-bond acceptors (Lipinski definition) is 6. The second-order valence-electron chi connectivity index (χ2n) is 4.52. The van der Waals surface area contributed by atoms with Gasteiger partial charge in [-0.1, -0.05) is 0 Å². The number of benzene rings is 1. The monoisotopic (exact) mass is 300 g/mol. The Hall–Kier alpha value is -1.64. The van der Waals surface area contributed by atoms with E-state index in [1.165, 1.54) is 18.2 Å². The molecule has 8 heteroatoms. The number of ether oxygens (including phenoxy) is 1. The molecule has 0 aromatic heterocycles. The number of phenolic OH excluding ortho intramolecular Hbond substituents is 1. The lowest BCUT2D eigenvalue weighted by molar-refractivity contribution is -0.120. The molecule has 20 heavy (non-hydrogen) atoms. The van der Waals surface area contributed by atoms with E-state index in [-0.39, 0.29) is 28.8 Å². The highest BCUT2D eigenvalue weighted by Gasteiger charge is 2.22. The van der Waals surface area contributed by atoms with E-state index >= 15 is 0 Å². The zero-order chi connectivity index (χ0) is 14.8. The third-order valence-electron chi connectivity index (χ3n) is 2.89. The van der Waals surface area contributed by atoms with E-state index in [4.69, 9.17) is 4.74 Å². The van der Waals surface area contributed by atoms with E-state index in [9.17, 15) is 18.3 Å². The summed E-state index contributed by atoms with van der Waals surface area (Å²) in [5, 5.41) is 15.1. The van der Waals surface area contributed by atoms with Crippen LogP contribution in [-0.4, -0.2) is 51.5 Å². The number of phenols is 1. The molecule has 0 saturated carbocycles. The molecule has 0 radical (unpaired) electrons. The van der Waals surface area contributed by atoms with Crippen molar-refractivity contribution in [1.82, 2.24) is 5.32 Å². The van der Waals surface area contributed by atoms with Crippen LogP contribution < -0.4 is 10.6 Å². The van der Waals surface area contributed by atoms with Crippen molar-refractivity contribution in [2.45, 2.75) is 10.9 Å². The van der Waals surface area contributed by atoms with Gasteiger partial charge in [0.15, 0.2) is 9.84 Å². The molecule has 1 unspecified atom stereocenters. The Morgan fingerprint density at radius 2 is 2.25 bits per heavy atom. The molecule has 3 N–H and O–H groups in total. The number of sulfone groups is 1. The third kappa shape index (κ3) is 3.47. The maximum atomic E-state index is 12.0. The number of anilines is 1. The first kappa shape index (κ1) is 14.8. The molecule has 1 fully saturated rings. The van der Waals surface area contributed by atoms with E-state index in [0.29, 0.717) is 13.2 Å². The summed E-state index contributed by atoms with van der Waals surface area (Å²) >= 11 is 0. The molecule has 1 saturated heterocycles. The molecule has 1 amide bonds. The number of aromatic hydroxyl groups is 1. The SMILES string of the molecule is CS(=O)(=O)c1ccc(O)c(NC(=O)C2COCCN2)c1. The van der Waals surface area contributed by atoms with Crippen molar-refractivity contribution in [1.29, 1.82) is 0 Å². The summed E-state index contributed by atoms with van der Waals surface area (Å²) in [4.78, 5) is 12.0. The molecule has 1 aliphatic rings. The summed E-state index contributed by atoms with van der Waals surface area (Å²) in [6.07, 6.45) is 1.06. The standard InChI is InChI=1S/C12H16N2O5S/c1-20(17,18)8-2-3-11(15)9(6-8)14-12(16)10-7-19-5-4-13-10/h2-3,6,10,13,15H,4-5,7H2,1H3,(H,14,16). The van der Waals surface area contributed by atoms with Crippen LogP contribution in [0.25, 0.3) is 0 Å². The highest BCUT2D eigenvalue weighted by atomic mass is 32.2. The molecule has 7 nitrogen and oxygen atoms in total. The van der Waals surface area contributed by atoms with Gasteiger partial charge in [0.25, 0.3) is 0 Å². The summed E-state index contributed by atoms with van der Waals surface area (Å²) in [6.45, 7) is 1.34.